The molecule has 0 unspecified atom stereocenters. The number of ether oxygens (including phenoxy) is 2. The molecule has 1 N–H and O–H groups in total. The van der Waals surface area contributed by atoms with Gasteiger partial charge in [0.2, 0.25) is 0 Å². The van der Waals surface area contributed by atoms with Crippen LogP contribution in [-0.2, 0) is 6.42 Å². The summed E-state index contributed by atoms with van der Waals surface area (Å²) in [6.07, 6.45) is 2.39. The molecule has 1 aromatic carbocycles. The van der Waals surface area contributed by atoms with Crippen LogP contribution in [0.15, 0.2) is 36.5 Å². The van der Waals surface area contributed by atoms with E-state index in [0.29, 0.717) is 35.1 Å². The Morgan fingerprint density at radius 2 is 2.09 bits per heavy atom. The van der Waals surface area contributed by atoms with Crippen LogP contribution in [0.1, 0.15) is 16.1 Å². The van der Waals surface area contributed by atoms with Crippen LogP contribution in [0.25, 0.3) is 0 Å². The first-order chi connectivity index (χ1) is 10.7. The summed E-state index contributed by atoms with van der Waals surface area (Å²) in [7, 11) is 2.99. The number of pyridine rings is 1. The van der Waals surface area contributed by atoms with Crippen LogP contribution in [0.3, 0.4) is 0 Å². The number of amides is 1. The number of nitrogens with one attached hydrogen (secondary N) is 1. The first-order valence-corrected chi connectivity index (χ1v) is 7.13. The second-order valence-electron chi connectivity index (χ2n) is 4.52. The summed E-state index contributed by atoms with van der Waals surface area (Å²) in [4.78, 5) is 16.4. The number of nitrogens with zero attached hydrogens (tertiary/aromatic N) is 1. The number of benzene rings is 1. The van der Waals surface area contributed by atoms with Gasteiger partial charge in [0.05, 0.1) is 19.2 Å². The number of rotatable bonds is 6. The zero-order valence-electron chi connectivity index (χ0n) is 12.4. The average Bonchev–Trinajstić information content (AvgIpc) is 2.54. The van der Waals surface area contributed by atoms with Crippen LogP contribution < -0.4 is 14.8 Å². The van der Waals surface area contributed by atoms with Gasteiger partial charge < -0.3 is 14.8 Å². The second kappa shape index (κ2) is 7.66. The maximum Gasteiger partial charge on any atom is 0.251 e. The Balaban J connectivity index is 2.02. The van der Waals surface area contributed by atoms with Crippen LogP contribution in [0.5, 0.6) is 11.5 Å². The van der Waals surface area contributed by atoms with Gasteiger partial charge >= 0.3 is 0 Å². The van der Waals surface area contributed by atoms with E-state index in [1.807, 2.05) is 18.2 Å². The molecule has 2 aromatic rings. The largest absolute Gasteiger partial charge is 0.493 e. The van der Waals surface area contributed by atoms with Crippen molar-refractivity contribution in [2.45, 2.75) is 6.42 Å². The summed E-state index contributed by atoms with van der Waals surface area (Å²) in [5.74, 6) is 0.609. The minimum Gasteiger partial charge on any atom is -0.493 e. The lowest BCUT2D eigenvalue weighted by Crippen LogP contribution is -2.26. The molecule has 0 atom stereocenters. The van der Waals surface area contributed by atoms with Gasteiger partial charge in [-0.15, -0.1) is 0 Å². The monoisotopic (exact) mass is 320 g/mol. The van der Waals surface area contributed by atoms with Crippen molar-refractivity contribution in [3.8, 4) is 11.5 Å². The summed E-state index contributed by atoms with van der Waals surface area (Å²) in [6, 6.07) is 8.84. The highest BCUT2D eigenvalue weighted by Gasteiger charge is 2.14. The first-order valence-electron chi connectivity index (χ1n) is 6.75. The van der Waals surface area contributed by atoms with Gasteiger partial charge in [-0.3, -0.25) is 9.78 Å². The summed E-state index contributed by atoms with van der Waals surface area (Å²) < 4.78 is 10.3. The van der Waals surface area contributed by atoms with Gasteiger partial charge in [0, 0.05) is 30.4 Å². The first kappa shape index (κ1) is 16.1. The van der Waals surface area contributed by atoms with Gasteiger partial charge in [0.1, 0.15) is 0 Å². The van der Waals surface area contributed by atoms with Crippen molar-refractivity contribution in [2.75, 3.05) is 20.8 Å². The van der Waals surface area contributed by atoms with Crippen molar-refractivity contribution < 1.29 is 14.3 Å². The molecule has 0 aliphatic heterocycles. The third-order valence-corrected chi connectivity index (χ3v) is 3.37. The predicted molar refractivity (Wildman–Crippen MR) is 84.8 cm³/mol. The molecule has 1 aromatic heterocycles. The molecular formula is C16H17ClN2O3. The van der Waals surface area contributed by atoms with Crippen LogP contribution in [0.2, 0.25) is 5.02 Å². The van der Waals surface area contributed by atoms with Gasteiger partial charge in [0.25, 0.3) is 5.91 Å². The minimum absolute atomic E-state index is 0.223. The van der Waals surface area contributed by atoms with E-state index in [-0.39, 0.29) is 5.91 Å². The summed E-state index contributed by atoms with van der Waals surface area (Å²) in [5.41, 5.74) is 1.34. The Morgan fingerprint density at radius 1 is 1.27 bits per heavy atom. The molecule has 1 amide bonds. The molecule has 1 heterocycles. The Bertz CT molecular complexity index is 647. The molecule has 0 saturated heterocycles. The molecular weight excluding hydrogens is 304 g/mol. The van der Waals surface area contributed by atoms with Crippen LogP contribution in [0.4, 0.5) is 0 Å². The summed E-state index contributed by atoms with van der Waals surface area (Å²) in [6.45, 7) is 0.488. The van der Waals surface area contributed by atoms with E-state index < -0.39 is 0 Å². The van der Waals surface area contributed by atoms with Gasteiger partial charge in [-0.1, -0.05) is 17.7 Å². The lowest BCUT2D eigenvalue weighted by Gasteiger charge is -2.12. The molecule has 2 rings (SSSR count). The van der Waals surface area contributed by atoms with Crippen LogP contribution >= 0.6 is 11.6 Å². The molecule has 0 aliphatic carbocycles. The molecule has 0 aliphatic rings. The lowest BCUT2D eigenvalue weighted by molar-refractivity contribution is 0.0953. The molecule has 5 nitrogen and oxygen atoms in total. The fraction of sp³-hybridized carbons (Fsp3) is 0.250. The van der Waals surface area contributed by atoms with Crippen LogP contribution in [0, 0.1) is 0 Å². The maximum absolute atomic E-state index is 12.2. The Labute approximate surface area is 134 Å². The molecule has 0 fully saturated rings. The Morgan fingerprint density at radius 3 is 2.73 bits per heavy atom. The Hall–Kier alpha value is -2.27. The average molecular weight is 321 g/mol. The van der Waals surface area contributed by atoms with Crippen molar-refractivity contribution in [3.63, 3.8) is 0 Å². The highest BCUT2D eigenvalue weighted by Crippen LogP contribution is 2.35. The predicted octanol–water partition coefficient (Wildman–Crippen LogP) is 2.72. The van der Waals surface area contributed by atoms with E-state index in [2.05, 4.69) is 10.3 Å². The lowest BCUT2D eigenvalue weighted by atomic mass is 10.2. The smallest absolute Gasteiger partial charge is 0.251 e. The van der Waals surface area contributed by atoms with E-state index in [4.69, 9.17) is 21.1 Å². The maximum atomic E-state index is 12.2. The van der Waals surface area contributed by atoms with Gasteiger partial charge in [0.15, 0.2) is 11.5 Å². The quantitative estimate of drug-likeness (QED) is 0.889. The molecule has 0 spiro atoms. The van der Waals surface area contributed by atoms with E-state index in [9.17, 15) is 4.79 Å². The van der Waals surface area contributed by atoms with E-state index in [0.717, 1.165) is 5.69 Å². The number of carbonyl (C=O) groups excluding carboxylic acids is 1. The van der Waals surface area contributed by atoms with E-state index in [1.54, 1.807) is 18.3 Å². The number of hydrogen-bond acceptors (Lipinski definition) is 4. The van der Waals surface area contributed by atoms with Gasteiger partial charge in [-0.25, -0.2) is 0 Å². The molecule has 0 radical (unpaired) electrons. The SMILES string of the molecule is COc1cc(C(=O)NCCc2ccccn2)cc(Cl)c1OC. The summed E-state index contributed by atoms with van der Waals surface area (Å²) in [5, 5.41) is 3.16. The zero-order valence-corrected chi connectivity index (χ0v) is 13.2. The number of methoxy groups -OCH3 is 2. The fourth-order valence-corrected chi connectivity index (χ4v) is 2.29. The van der Waals surface area contributed by atoms with Gasteiger partial charge in [-0.05, 0) is 24.3 Å². The topological polar surface area (TPSA) is 60.5 Å². The number of aromatic nitrogens is 1. The normalized spacial score (nSPS) is 10.1. The van der Waals surface area contributed by atoms with E-state index >= 15 is 0 Å². The minimum atomic E-state index is -0.223. The van der Waals surface area contributed by atoms with Crippen molar-refractivity contribution in [1.82, 2.24) is 10.3 Å². The highest BCUT2D eigenvalue weighted by molar-refractivity contribution is 6.32. The third-order valence-electron chi connectivity index (χ3n) is 3.09. The van der Waals surface area contributed by atoms with Crippen molar-refractivity contribution >= 4 is 17.5 Å². The van der Waals surface area contributed by atoms with Crippen LogP contribution in [-0.4, -0.2) is 31.7 Å². The third kappa shape index (κ3) is 3.89. The second-order valence-corrected chi connectivity index (χ2v) is 4.93. The Kier molecular flexibility index (Phi) is 5.61. The summed E-state index contributed by atoms with van der Waals surface area (Å²) >= 11 is 6.09. The molecule has 0 bridgehead atoms. The fourth-order valence-electron chi connectivity index (χ4n) is 2.00. The van der Waals surface area contributed by atoms with Gasteiger partial charge in [-0.2, -0.15) is 0 Å². The van der Waals surface area contributed by atoms with Crippen molar-refractivity contribution in [3.05, 3.63) is 52.8 Å². The van der Waals surface area contributed by atoms with E-state index in [1.165, 1.54) is 14.2 Å². The standard InChI is InChI=1S/C16H17ClN2O3/c1-21-14-10-11(9-13(17)15(14)22-2)16(20)19-8-6-12-5-3-4-7-18-12/h3-5,7,9-10H,6,8H2,1-2H3,(H,19,20). The van der Waals surface area contributed by atoms with Crippen molar-refractivity contribution in [1.29, 1.82) is 0 Å². The zero-order chi connectivity index (χ0) is 15.9. The van der Waals surface area contributed by atoms with Crippen molar-refractivity contribution in [2.24, 2.45) is 0 Å². The molecule has 0 saturated carbocycles. The number of halogens is 1. The number of hydrogen-bond donors (Lipinski definition) is 1. The number of carbonyl (C=O) groups is 1. The highest BCUT2D eigenvalue weighted by atomic mass is 35.5. The molecule has 116 valence electrons. The molecule has 6 heteroatoms. The molecule has 22 heavy (non-hydrogen) atoms.